The fourth-order valence-electron chi connectivity index (χ4n) is 1.04. The van der Waals surface area contributed by atoms with Crippen LogP contribution in [0.15, 0.2) is 29.2 Å². The van der Waals surface area contributed by atoms with Gasteiger partial charge in [0.1, 0.15) is 5.75 Å². The summed E-state index contributed by atoms with van der Waals surface area (Å²) in [5.41, 5.74) is 0. The molecule has 15 heavy (non-hydrogen) atoms. The molecule has 84 valence electrons. The highest BCUT2D eigenvalue weighted by Crippen LogP contribution is 2.24. The molecule has 0 saturated carbocycles. The highest BCUT2D eigenvalue weighted by Gasteiger charge is 2.32. The summed E-state index contributed by atoms with van der Waals surface area (Å²) in [7, 11) is -2.20. The van der Waals surface area contributed by atoms with Gasteiger partial charge in [-0.25, -0.2) is 8.42 Å². The molecule has 0 heterocycles. The van der Waals surface area contributed by atoms with Crippen molar-refractivity contribution in [1.29, 1.82) is 0 Å². The van der Waals surface area contributed by atoms with E-state index in [0.29, 0.717) is 5.75 Å². The summed E-state index contributed by atoms with van der Waals surface area (Å²) in [5, 5.41) is 9.51. The Hall–Kier alpha value is -1.07. The van der Waals surface area contributed by atoms with Gasteiger partial charge in [0.05, 0.1) is 12.0 Å². The first-order valence-electron chi connectivity index (χ1n) is 4.40. The first kappa shape index (κ1) is 12.0. The van der Waals surface area contributed by atoms with Crippen molar-refractivity contribution >= 4 is 9.84 Å². The van der Waals surface area contributed by atoms with Crippen molar-refractivity contribution < 1.29 is 18.3 Å². The molecular weight excluding hydrogens is 216 g/mol. The molecule has 0 unspecified atom stereocenters. The van der Waals surface area contributed by atoms with Crippen molar-refractivity contribution in [3.05, 3.63) is 24.3 Å². The normalized spacial score (nSPS) is 12.5. The predicted molar refractivity (Wildman–Crippen MR) is 56.5 cm³/mol. The molecule has 0 radical (unpaired) electrons. The smallest absolute Gasteiger partial charge is 0.207 e. The number of ether oxygens (including phenoxy) is 1. The number of rotatable bonds is 3. The highest BCUT2D eigenvalue weighted by molar-refractivity contribution is 7.92. The van der Waals surface area contributed by atoms with Gasteiger partial charge in [-0.15, -0.1) is 0 Å². The van der Waals surface area contributed by atoms with Crippen molar-refractivity contribution in [2.24, 2.45) is 0 Å². The third kappa shape index (κ3) is 2.30. The van der Waals surface area contributed by atoms with E-state index >= 15 is 0 Å². The highest BCUT2D eigenvalue weighted by atomic mass is 32.2. The van der Waals surface area contributed by atoms with Crippen molar-refractivity contribution in [3.63, 3.8) is 0 Å². The van der Waals surface area contributed by atoms with Crippen molar-refractivity contribution in [3.8, 4) is 5.75 Å². The van der Waals surface area contributed by atoms with Gasteiger partial charge in [0.25, 0.3) is 0 Å². The second-order valence-corrected chi connectivity index (χ2v) is 6.10. The van der Waals surface area contributed by atoms with Crippen LogP contribution in [0.25, 0.3) is 0 Å². The Labute approximate surface area is 89.4 Å². The number of benzene rings is 1. The molecule has 0 aliphatic rings. The molecule has 0 aromatic heterocycles. The van der Waals surface area contributed by atoms with Gasteiger partial charge in [0.15, 0.2) is 4.93 Å². The molecule has 0 amide bonds. The Bertz CT molecular complexity index is 425. The predicted octanol–water partition coefficient (Wildman–Crippen LogP) is 1.20. The standard InChI is InChI=1S/C10H14O4S/c1-10(2,11)15(12,13)9-6-4-8(14-3)5-7-9/h4-7,11H,1-3H3. The van der Waals surface area contributed by atoms with E-state index < -0.39 is 14.8 Å². The number of hydrogen-bond donors (Lipinski definition) is 1. The van der Waals surface area contributed by atoms with Gasteiger partial charge < -0.3 is 9.84 Å². The van der Waals surface area contributed by atoms with Crippen molar-refractivity contribution in [1.82, 2.24) is 0 Å². The zero-order chi connectivity index (χ0) is 11.7. The van der Waals surface area contributed by atoms with E-state index in [2.05, 4.69) is 0 Å². The second kappa shape index (κ2) is 3.83. The minimum absolute atomic E-state index is 0.0794. The van der Waals surface area contributed by atoms with Crippen LogP contribution in [-0.4, -0.2) is 25.6 Å². The lowest BCUT2D eigenvalue weighted by Gasteiger charge is -2.17. The van der Waals surface area contributed by atoms with E-state index in [1.54, 1.807) is 12.1 Å². The molecule has 0 aliphatic heterocycles. The second-order valence-electron chi connectivity index (χ2n) is 3.63. The largest absolute Gasteiger partial charge is 0.497 e. The first-order valence-corrected chi connectivity index (χ1v) is 5.88. The maximum Gasteiger partial charge on any atom is 0.207 e. The van der Waals surface area contributed by atoms with Crippen LogP contribution in [0.3, 0.4) is 0 Å². The zero-order valence-electron chi connectivity index (χ0n) is 8.89. The van der Waals surface area contributed by atoms with E-state index in [1.807, 2.05) is 0 Å². The topological polar surface area (TPSA) is 63.6 Å². The maximum absolute atomic E-state index is 11.8. The summed E-state index contributed by atoms with van der Waals surface area (Å²) in [6.45, 7) is 2.49. The van der Waals surface area contributed by atoms with E-state index in [9.17, 15) is 13.5 Å². The fraction of sp³-hybridized carbons (Fsp3) is 0.400. The van der Waals surface area contributed by atoms with Gasteiger partial charge in [-0.05, 0) is 38.1 Å². The number of aliphatic hydroxyl groups is 1. The lowest BCUT2D eigenvalue weighted by atomic mass is 10.3. The van der Waals surface area contributed by atoms with Crippen LogP contribution in [-0.2, 0) is 9.84 Å². The molecule has 0 bridgehead atoms. The quantitative estimate of drug-likeness (QED) is 0.847. The van der Waals surface area contributed by atoms with E-state index in [0.717, 1.165) is 0 Å². The third-order valence-electron chi connectivity index (χ3n) is 2.03. The molecule has 1 aromatic rings. The monoisotopic (exact) mass is 230 g/mol. The molecule has 1 rings (SSSR count). The summed E-state index contributed by atoms with van der Waals surface area (Å²) in [5.74, 6) is 0.574. The summed E-state index contributed by atoms with van der Waals surface area (Å²) >= 11 is 0. The Morgan fingerprint density at radius 3 is 2.00 bits per heavy atom. The number of hydrogen-bond acceptors (Lipinski definition) is 4. The molecular formula is C10H14O4S. The van der Waals surface area contributed by atoms with E-state index in [4.69, 9.17) is 4.74 Å². The van der Waals surface area contributed by atoms with Crippen molar-refractivity contribution in [2.75, 3.05) is 7.11 Å². The summed E-state index contributed by atoms with van der Waals surface area (Å²) < 4.78 is 28.4. The molecule has 0 aliphatic carbocycles. The average Bonchev–Trinajstić information content (AvgIpc) is 2.16. The Kier molecular flexibility index (Phi) is 3.06. The Morgan fingerprint density at radius 1 is 1.20 bits per heavy atom. The van der Waals surface area contributed by atoms with Gasteiger partial charge in [-0.3, -0.25) is 0 Å². The van der Waals surface area contributed by atoms with Crippen LogP contribution in [0.4, 0.5) is 0 Å². The molecule has 5 heteroatoms. The minimum Gasteiger partial charge on any atom is -0.497 e. The van der Waals surface area contributed by atoms with Crippen LogP contribution >= 0.6 is 0 Å². The molecule has 0 saturated heterocycles. The van der Waals surface area contributed by atoms with E-state index in [-0.39, 0.29) is 4.90 Å². The van der Waals surface area contributed by atoms with Gasteiger partial charge in [0, 0.05) is 0 Å². The van der Waals surface area contributed by atoms with Gasteiger partial charge >= 0.3 is 0 Å². The van der Waals surface area contributed by atoms with Crippen LogP contribution in [0.5, 0.6) is 5.75 Å². The van der Waals surface area contributed by atoms with Crippen LogP contribution in [0.2, 0.25) is 0 Å². The number of methoxy groups -OCH3 is 1. The molecule has 1 N–H and O–H groups in total. The maximum atomic E-state index is 11.8. The zero-order valence-corrected chi connectivity index (χ0v) is 9.71. The van der Waals surface area contributed by atoms with Crippen molar-refractivity contribution in [2.45, 2.75) is 23.7 Å². The summed E-state index contributed by atoms with van der Waals surface area (Å²) in [6.07, 6.45) is 0. The number of sulfone groups is 1. The van der Waals surface area contributed by atoms with E-state index in [1.165, 1.54) is 33.1 Å². The third-order valence-corrected chi connectivity index (χ3v) is 4.24. The first-order chi connectivity index (χ1) is 6.79. The SMILES string of the molecule is COc1ccc(S(=O)(=O)C(C)(C)O)cc1. The summed E-state index contributed by atoms with van der Waals surface area (Å²) in [6, 6.07) is 5.90. The van der Waals surface area contributed by atoms with Gasteiger partial charge in [-0.1, -0.05) is 0 Å². The fourth-order valence-corrected chi connectivity index (χ4v) is 2.11. The minimum atomic E-state index is -3.70. The lowest BCUT2D eigenvalue weighted by molar-refractivity contribution is 0.165. The van der Waals surface area contributed by atoms with Gasteiger partial charge in [0.2, 0.25) is 9.84 Å². The summed E-state index contributed by atoms with van der Waals surface area (Å²) in [4.78, 5) is -1.70. The molecule has 1 aromatic carbocycles. The van der Waals surface area contributed by atoms with Crippen LogP contribution < -0.4 is 4.74 Å². The molecule has 0 fully saturated rings. The van der Waals surface area contributed by atoms with Gasteiger partial charge in [-0.2, -0.15) is 0 Å². The Morgan fingerprint density at radius 2 is 1.67 bits per heavy atom. The molecule has 0 spiro atoms. The Balaban J connectivity index is 3.18. The van der Waals surface area contributed by atoms with Crippen LogP contribution in [0, 0.1) is 0 Å². The average molecular weight is 230 g/mol. The molecule has 0 atom stereocenters. The molecule has 4 nitrogen and oxygen atoms in total. The van der Waals surface area contributed by atoms with Crippen LogP contribution in [0.1, 0.15) is 13.8 Å². The lowest BCUT2D eigenvalue weighted by Crippen LogP contribution is -2.31.